The SMILES string of the molecule is OC1CCC(c2ccc3[nH]c4ccncc4c3c2)CC1. The van der Waals surface area contributed by atoms with Crippen molar-refractivity contribution in [3.8, 4) is 0 Å². The molecule has 1 aromatic carbocycles. The van der Waals surface area contributed by atoms with E-state index in [-0.39, 0.29) is 6.10 Å². The summed E-state index contributed by atoms with van der Waals surface area (Å²) < 4.78 is 0. The molecule has 0 aliphatic heterocycles. The second kappa shape index (κ2) is 4.60. The van der Waals surface area contributed by atoms with Crippen molar-refractivity contribution >= 4 is 21.8 Å². The average molecular weight is 266 g/mol. The largest absolute Gasteiger partial charge is 0.393 e. The monoisotopic (exact) mass is 266 g/mol. The number of rotatable bonds is 1. The number of benzene rings is 1. The molecule has 4 rings (SSSR count). The van der Waals surface area contributed by atoms with Crippen molar-refractivity contribution in [1.82, 2.24) is 9.97 Å². The Bertz CT molecular complexity index is 754. The van der Waals surface area contributed by atoms with Gasteiger partial charge in [0.25, 0.3) is 0 Å². The third kappa shape index (κ3) is 1.90. The van der Waals surface area contributed by atoms with Gasteiger partial charge in [0.05, 0.1) is 6.10 Å². The van der Waals surface area contributed by atoms with Crippen LogP contribution in [0, 0.1) is 0 Å². The van der Waals surface area contributed by atoms with Crippen molar-refractivity contribution in [2.75, 3.05) is 0 Å². The third-order valence-corrected chi connectivity index (χ3v) is 4.59. The Morgan fingerprint density at radius 2 is 1.80 bits per heavy atom. The molecule has 2 aromatic heterocycles. The Morgan fingerprint density at radius 3 is 2.65 bits per heavy atom. The van der Waals surface area contributed by atoms with E-state index in [1.807, 2.05) is 18.5 Å². The number of aromatic amines is 1. The summed E-state index contributed by atoms with van der Waals surface area (Å²) in [7, 11) is 0. The molecule has 2 N–H and O–H groups in total. The molecule has 3 aromatic rings. The predicted molar refractivity (Wildman–Crippen MR) is 80.8 cm³/mol. The summed E-state index contributed by atoms with van der Waals surface area (Å²) in [5.41, 5.74) is 3.72. The summed E-state index contributed by atoms with van der Waals surface area (Å²) in [6.07, 6.45) is 7.70. The van der Waals surface area contributed by atoms with Crippen LogP contribution in [0.2, 0.25) is 0 Å². The molecule has 1 fully saturated rings. The number of nitrogens with one attached hydrogen (secondary N) is 1. The molecule has 20 heavy (non-hydrogen) atoms. The number of pyridine rings is 1. The zero-order valence-electron chi connectivity index (χ0n) is 11.3. The second-order valence-corrected chi connectivity index (χ2v) is 5.86. The lowest BCUT2D eigenvalue weighted by molar-refractivity contribution is 0.122. The van der Waals surface area contributed by atoms with Crippen molar-refractivity contribution in [3.05, 3.63) is 42.2 Å². The van der Waals surface area contributed by atoms with Crippen LogP contribution in [0.5, 0.6) is 0 Å². The van der Waals surface area contributed by atoms with Gasteiger partial charge in [-0.25, -0.2) is 0 Å². The lowest BCUT2D eigenvalue weighted by atomic mass is 9.82. The number of aliphatic hydroxyl groups excluding tert-OH is 1. The molecule has 3 heteroatoms. The topological polar surface area (TPSA) is 48.9 Å². The van der Waals surface area contributed by atoms with Crippen LogP contribution in [0.1, 0.15) is 37.2 Å². The van der Waals surface area contributed by atoms with Gasteiger partial charge in [0.2, 0.25) is 0 Å². The molecule has 102 valence electrons. The van der Waals surface area contributed by atoms with E-state index >= 15 is 0 Å². The van der Waals surface area contributed by atoms with Gasteiger partial charge in [0, 0.05) is 34.2 Å². The molecule has 0 radical (unpaired) electrons. The molecular weight excluding hydrogens is 248 g/mol. The minimum Gasteiger partial charge on any atom is -0.393 e. The molecule has 1 aliphatic rings. The van der Waals surface area contributed by atoms with Crippen LogP contribution in [0.25, 0.3) is 21.8 Å². The van der Waals surface area contributed by atoms with Crippen molar-refractivity contribution in [2.45, 2.75) is 37.7 Å². The summed E-state index contributed by atoms with van der Waals surface area (Å²) in [6, 6.07) is 8.73. The van der Waals surface area contributed by atoms with Crippen LogP contribution in [0.15, 0.2) is 36.7 Å². The fraction of sp³-hybridized carbons (Fsp3) is 0.353. The maximum atomic E-state index is 9.64. The standard InChI is InChI=1S/C17H18N2O/c20-13-4-1-11(2-5-13)12-3-6-16-14(9-12)15-10-18-8-7-17(15)19-16/h3,6-11,13,19-20H,1-2,4-5H2. The number of fused-ring (bicyclic) bond motifs is 3. The van der Waals surface area contributed by atoms with Crippen molar-refractivity contribution in [1.29, 1.82) is 0 Å². The Hall–Kier alpha value is -1.87. The van der Waals surface area contributed by atoms with E-state index in [9.17, 15) is 5.11 Å². The highest BCUT2D eigenvalue weighted by molar-refractivity contribution is 6.06. The Labute approximate surface area is 117 Å². The van der Waals surface area contributed by atoms with E-state index < -0.39 is 0 Å². The molecule has 0 amide bonds. The first-order valence-electron chi connectivity index (χ1n) is 7.34. The maximum absolute atomic E-state index is 9.64. The number of aliphatic hydroxyl groups is 1. The number of aromatic nitrogens is 2. The number of hydrogen-bond donors (Lipinski definition) is 2. The zero-order valence-corrected chi connectivity index (χ0v) is 11.3. The highest BCUT2D eigenvalue weighted by Gasteiger charge is 2.21. The Morgan fingerprint density at radius 1 is 1.00 bits per heavy atom. The number of H-pyrrole nitrogens is 1. The first-order valence-corrected chi connectivity index (χ1v) is 7.34. The van der Waals surface area contributed by atoms with E-state index in [1.54, 1.807) is 0 Å². The van der Waals surface area contributed by atoms with Crippen LogP contribution in [0.4, 0.5) is 0 Å². The van der Waals surface area contributed by atoms with E-state index in [1.165, 1.54) is 21.9 Å². The van der Waals surface area contributed by atoms with Crippen LogP contribution < -0.4 is 0 Å². The molecule has 0 atom stereocenters. The van der Waals surface area contributed by atoms with Crippen LogP contribution in [0.3, 0.4) is 0 Å². The quantitative estimate of drug-likeness (QED) is 0.705. The third-order valence-electron chi connectivity index (χ3n) is 4.59. The molecule has 0 spiro atoms. The van der Waals surface area contributed by atoms with Gasteiger partial charge in [-0.15, -0.1) is 0 Å². The van der Waals surface area contributed by atoms with E-state index in [4.69, 9.17) is 0 Å². The van der Waals surface area contributed by atoms with Gasteiger partial charge >= 0.3 is 0 Å². The van der Waals surface area contributed by atoms with Gasteiger partial charge < -0.3 is 10.1 Å². The first kappa shape index (κ1) is 11.9. The van der Waals surface area contributed by atoms with Gasteiger partial charge in [0.15, 0.2) is 0 Å². The highest BCUT2D eigenvalue weighted by atomic mass is 16.3. The van der Waals surface area contributed by atoms with Gasteiger partial charge in [-0.05, 0) is 55.4 Å². The molecule has 3 nitrogen and oxygen atoms in total. The van der Waals surface area contributed by atoms with Crippen molar-refractivity contribution in [2.24, 2.45) is 0 Å². The molecule has 0 bridgehead atoms. The van der Waals surface area contributed by atoms with Gasteiger partial charge in [-0.1, -0.05) is 6.07 Å². The Kier molecular flexibility index (Phi) is 2.74. The molecule has 2 heterocycles. The lowest BCUT2D eigenvalue weighted by Crippen LogP contribution is -2.16. The molecular formula is C17H18N2O. The highest BCUT2D eigenvalue weighted by Crippen LogP contribution is 2.35. The minimum absolute atomic E-state index is 0.0905. The normalized spacial score (nSPS) is 23.4. The second-order valence-electron chi connectivity index (χ2n) is 5.86. The number of nitrogens with zero attached hydrogens (tertiary/aromatic N) is 1. The fourth-order valence-corrected chi connectivity index (χ4v) is 3.42. The van der Waals surface area contributed by atoms with Crippen LogP contribution in [-0.4, -0.2) is 21.2 Å². The van der Waals surface area contributed by atoms with Crippen molar-refractivity contribution in [3.63, 3.8) is 0 Å². The maximum Gasteiger partial charge on any atom is 0.0540 e. The average Bonchev–Trinajstić information content (AvgIpc) is 2.86. The fourth-order valence-electron chi connectivity index (χ4n) is 3.42. The summed E-state index contributed by atoms with van der Waals surface area (Å²) >= 11 is 0. The van der Waals surface area contributed by atoms with Crippen LogP contribution >= 0.6 is 0 Å². The molecule has 0 unspecified atom stereocenters. The van der Waals surface area contributed by atoms with Gasteiger partial charge in [-0.2, -0.15) is 0 Å². The molecule has 0 saturated heterocycles. The lowest BCUT2D eigenvalue weighted by Gasteiger charge is -2.25. The summed E-state index contributed by atoms with van der Waals surface area (Å²) in [5.74, 6) is 0.587. The molecule has 1 aliphatic carbocycles. The number of hydrogen-bond acceptors (Lipinski definition) is 2. The predicted octanol–water partition coefficient (Wildman–Crippen LogP) is 3.73. The smallest absolute Gasteiger partial charge is 0.0540 e. The van der Waals surface area contributed by atoms with E-state index in [0.29, 0.717) is 5.92 Å². The Balaban J connectivity index is 1.79. The van der Waals surface area contributed by atoms with Gasteiger partial charge in [-0.3, -0.25) is 4.98 Å². The summed E-state index contributed by atoms with van der Waals surface area (Å²) in [6.45, 7) is 0. The van der Waals surface area contributed by atoms with Gasteiger partial charge in [0.1, 0.15) is 0 Å². The van der Waals surface area contributed by atoms with Crippen LogP contribution in [-0.2, 0) is 0 Å². The summed E-state index contributed by atoms with van der Waals surface area (Å²) in [4.78, 5) is 7.67. The first-order chi connectivity index (χ1) is 9.81. The molecule has 1 saturated carbocycles. The summed E-state index contributed by atoms with van der Waals surface area (Å²) in [5, 5.41) is 12.1. The minimum atomic E-state index is -0.0905. The zero-order chi connectivity index (χ0) is 13.5. The van der Waals surface area contributed by atoms with Crippen molar-refractivity contribution < 1.29 is 5.11 Å². The van der Waals surface area contributed by atoms with E-state index in [2.05, 4.69) is 28.2 Å². The van der Waals surface area contributed by atoms with E-state index in [0.717, 1.165) is 31.2 Å².